The minimum absolute atomic E-state index is 0.0476. The molecule has 9 heteroatoms. The van der Waals surface area contributed by atoms with E-state index >= 15 is 0 Å². The van der Waals surface area contributed by atoms with Gasteiger partial charge in [0.05, 0.1) is 18.1 Å². The second-order valence-corrected chi connectivity index (χ2v) is 10.1. The summed E-state index contributed by atoms with van der Waals surface area (Å²) in [7, 11) is -3.88. The Hall–Kier alpha value is -3.11. The number of carbonyl (C=O) groups is 2. The molecule has 2 aliphatic heterocycles. The molecule has 176 valence electrons. The lowest BCUT2D eigenvalue weighted by atomic mass is 9.94. The maximum absolute atomic E-state index is 13.3. The molecule has 0 unspecified atom stereocenters. The molecule has 1 fully saturated rings. The van der Waals surface area contributed by atoms with Crippen LogP contribution in [0.5, 0.6) is 0 Å². The Morgan fingerprint density at radius 1 is 0.824 bits per heavy atom. The molecule has 1 N–H and O–H groups in total. The van der Waals surface area contributed by atoms with E-state index in [9.17, 15) is 18.0 Å². The third kappa shape index (κ3) is 4.23. The van der Waals surface area contributed by atoms with E-state index in [4.69, 9.17) is 4.74 Å². The highest BCUT2D eigenvalue weighted by Gasteiger charge is 2.34. The molecule has 0 aliphatic carbocycles. The summed E-state index contributed by atoms with van der Waals surface area (Å²) in [5, 5.41) is 0.757. The number of ether oxygens (including phenoxy) is 1. The van der Waals surface area contributed by atoms with Gasteiger partial charge in [0, 0.05) is 54.6 Å². The Kier molecular flexibility index (Phi) is 6.18. The lowest BCUT2D eigenvalue weighted by Crippen LogP contribution is -2.46. The van der Waals surface area contributed by atoms with Gasteiger partial charge >= 0.3 is 0 Å². The summed E-state index contributed by atoms with van der Waals surface area (Å²) in [4.78, 5) is 30.0. The van der Waals surface area contributed by atoms with Crippen molar-refractivity contribution in [1.29, 1.82) is 0 Å². The Labute approximate surface area is 198 Å². The van der Waals surface area contributed by atoms with Gasteiger partial charge in [0.1, 0.15) is 0 Å². The zero-order valence-electron chi connectivity index (χ0n) is 18.6. The maximum atomic E-state index is 13.3. The molecule has 0 aromatic heterocycles. The van der Waals surface area contributed by atoms with Gasteiger partial charge in [0.25, 0.3) is 11.8 Å². The van der Waals surface area contributed by atoms with E-state index in [0.29, 0.717) is 41.7 Å². The number of benzene rings is 3. The first-order chi connectivity index (χ1) is 16.5. The Bertz CT molecular complexity index is 1330. The van der Waals surface area contributed by atoms with Crippen LogP contribution >= 0.6 is 0 Å². The summed E-state index contributed by atoms with van der Waals surface area (Å²) in [5.74, 6) is -0.800. The van der Waals surface area contributed by atoms with Gasteiger partial charge in [-0.25, -0.2) is 13.1 Å². The van der Waals surface area contributed by atoms with E-state index < -0.39 is 21.8 Å². The van der Waals surface area contributed by atoms with Crippen LogP contribution in [0.4, 0.5) is 0 Å². The van der Waals surface area contributed by atoms with Gasteiger partial charge in [-0.05, 0) is 23.8 Å². The molecular weight excluding hydrogens is 454 g/mol. The maximum Gasteiger partial charge on any atom is 0.261 e. The van der Waals surface area contributed by atoms with Crippen LogP contribution in [0.1, 0.15) is 26.3 Å². The molecule has 1 saturated heterocycles. The largest absolute Gasteiger partial charge is 0.379 e. The van der Waals surface area contributed by atoms with Crippen molar-refractivity contribution in [2.45, 2.75) is 11.4 Å². The van der Waals surface area contributed by atoms with Crippen LogP contribution < -0.4 is 4.72 Å². The van der Waals surface area contributed by atoms with Crippen molar-refractivity contribution in [3.8, 4) is 0 Å². The molecule has 0 saturated carbocycles. The number of hydrogen-bond acceptors (Lipinski definition) is 6. The lowest BCUT2D eigenvalue weighted by molar-refractivity contribution is 0.0316. The third-order valence-electron chi connectivity index (χ3n) is 6.29. The molecule has 34 heavy (non-hydrogen) atoms. The van der Waals surface area contributed by atoms with Crippen molar-refractivity contribution in [1.82, 2.24) is 14.5 Å². The number of hydrogen-bond donors (Lipinski definition) is 1. The summed E-state index contributed by atoms with van der Waals surface area (Å²) in [6.07, 6.45) is 0. The fraction of sp³-hybridized carbons (Fsp3) is 0.280. The van der Waals surface area contributed by atoms with Gasteiger partial charge in [-0.15, -0.1) is 0 Å². The minimum atomic E-state index is -3.88. The number of sulfonamides is 1. The molecule has 3 aromatic rings. The smallest absolute Gasteiger partial charge is 0.261 e. The number of amides is 2. The van der Waals surface area contributed by atoms with Crippen molar-refractivity contribution in [2.75, 3.05) is 39.4 Å². The Balaban J connectivity index is 1.45. The standard InChI is InChI=1S/C25H25N3O5S/c29-24-20-8-4-7-19-22(34(31,32)26-17-18-5-2-1-3-6-18)10-9-21(23(19)20)25(30)28(24)12-11-27-13-15-33-16-14-27/h1-10,26H,11-17H2. The SMILES string of the molecule is O=C1c2cccc3c(S(=O)(=O)NCc4ccccc4)ccc(c23)C(=O)N1CCN1CCOCC1. The van der Waals surface area contributed by atoms with Gasteiger partial charge in [-0.2, -0.15) is 0 Å². The van der Waals surface area contributed by atoms with Crippen LogP contribution in [-0.4, -0.2) is 69.4 Å². The van der Waals surface area contributed by atoms with E-state index in [-0.39, 0.29) is 18.0 Å². The van der Waals surface area contributed by atoms with E-state index in [2.05, 4.69) is 9.62 Å². The number of carbonyl (C=O) groups excluding carboxylic acids is 2. The van der Waals surface area contributed by atoms with Crippen LogP contribution in [0, 0.1) is 0 Å². The van der Waals surface area contributed by atoms with Crippen molar-refractivity contribution < 1.29 is 22.7 Å². The number of morpholine rings is 1. The van der Waals surface area contributed by atoms with Crippen LogP contribution in [0.3, 0.4) is 0 Å². The highest BCUT2D eigenvalue weighted by molar-refractivity contribution is 7.89. The predicted octanol–water partition coefficient (Wildman–Crippen LogP) is 2.25. The van der Waals surface area contributed by atoms with Crippen LogP contribution in [0.2, 0.25) is 0 Å². The molecule has 2 heterocycles. The lowest BCUT2D eigenvalue weighted by Gasteiger charge is -2.31. The summed E-state index contributed by atoms with van der Waals surface area (Å²) in [6, 6.07) is 17.1. The summed E-state index contributed by atoms with van der Waals surface area (Å²) in [6.45, 7) is 3.78. The fourth-order valence-electron chi connectivity index (χ4n) is 4.47. The number of imide groups is 1. The molecule has 2 amide bonds. The van der Waals surface area contributed by atoms with Crippen molar-refractivity contribution in [2.24, 2.45) is 0 Å². The van der Waals surface area contributed by atoms with Crippen molar-refractivity contribution in [3.63, 3.8) is 0 Å². The zero-order valence-corrected chi connectivity index (χ0v) is 19.4. The third-order valence-corrected chi connectivity index (χ3v) is 7.75. The molecule has 0 spiro atoms. The van der Waals surface area contributed by atoms with Gasteiger partial charge < -0.3 is 4.74 Å². The molecule has 0 radical (unpaired) electrons. The number of nitrogens with zero attached hydrogens (tertiary/aromatic N) is 2. The number of nitrogens with one attached hydrogen (secondary N) is 1. The second kappa shape index (κ2) is 9.27. The average Bonchev–Trinajstić information content (AvgIpc) is 2.87. The van der Waals surface area contributed by atoms with Crippen molar-refractivity contribution in [3.05, 3.63) is 77.4 Å². The van der Waals surface area contributed by atoms with Gasteiger partial charge in [0.2, 0.25) is 10.0 Å². The van der Waals surface area contributed by atoms with E-state index in [1.54, 1.807) is 18.2 Å². The first-order valence-electron chi connectivity index (χ1n) is 11.2. The van der Waals surface area contributed by atoms with Crippen molar-refractivity contribution >= 4 is 32.6 Å². The van der Waals surface area contributed by atoms with E-state index in [0.717, 1.165) is 18.7 Å². The molecule has 0 bridgehead atoms. The average molecular weight is 480 g/mol. The summed E-state index contributed by atoms with van der Waals surface area (Å²) in [5.41, 5.74) is 1.51. The molecule has 8 nitrogen and oxygen atoms in total. The van der Waals surface area contributed by atoms with E-state index in [1.165, 1.54) is 17.0 Å². The molecule has 0 atom stereocenters. The molecule has 5 rings (SSSR count). The number of rotatable bonds is 7. The van der Waals surface area contributed by atoms with Crippen LogP contribution in [0.15, 0.2) is 65.6 Å². The molecular formula is C25H25N3O5S. The Morgan fingerprint density at radius 2 is 1.53 bits per heavy atom. The van der Waals surface area contributed by atoms with Gasteiger partial charge in [0.15, 0.2) is 0 Å². The summed E-state index contributed by atoms with van der Waals surface area (Å²) < 4.78 is 34.3. The topological polar surface area (TPSA) is 96.0 Å². The quantitative estimate of drug-likeness (QED) is 0.522. The second-order valence-electron chi connectivity index (χ2n) is 8.37. The highest BCUT2D eigenvalue weighted by atomic mass is 32.2. The van der Waals surface area contributed by atoms with E-state index in [1.807, 2.05) is 30.3 Å². The zero-order chi connectivity index (χ0) is 23.7. The first-order valence-corrected chi connectivity index (χ1v) is 12.7. The van der Waals surface area contributed by atoms with Crippen LogP contribution in [0.25, 0.3) is 10.8 Å². The van der Waals surface area contributed by atoms with Gasteiger partial charge in [-0.3, -0.25) is 19.4 Å². The minimum Gasteiger partial charge on any atom is -0.379 e. The molecule has 3 aromatic carbocycles. The first kappa shape index (κ1) is 22.7. The Morgan fingerprint density at radius 3 is 2.26 bits per heavy atom. The fourth-order valence-corrected chi connectivity index (χ4v) is 5.69. The normalized spacial score (nSPS) is 16.9. The monoisotopic (exact) mass is 479 g/mol. The highest BCUT2D eigenvalue weighted by Crippen LogP contribution is 2.34. The summed E-state index contributed by atoms with van der Waals surface area (Å²) >= 11 is 0. The van der Waals surface area contributed by atoms with Crippen LogP contribution in [-0.2, 0) is 21.3 Å². The van der Waals surface area contributed by atoms with Gasteiger partial charge in [-0.1, -0.05) is 42.5 Å². The predicted molar refractivity (Wildman–Crippen MR) is 127 cm³/mol. The molecule has 2 aliphatic rings.